The standard InChI is InChI=1S/C14H20O4Si/c1-9(19(3,4)5)13-8-11(18-10(2)15)6-7-12(13)14(16)17/h6-9H,1-5H3,(H,16,17). The van der Waals surface area contributed by atoms with Crippen molar-refractivity contribution in [3.63, 3.8) is 0 Å². The second-order valence-electron chi connectivity index (χ2n) is 5.74. The van der Waals surface area contributed by atoms with Gasteiger partial charge in [-0.1, -0.05) is 26.6 Å². The smallest absolute Gasteiger partial charge is 0.335 e. The normalized spacial score (nSPS) is 12.9. The predicted molar refractivity (Wildman–Crippen MR) is 76.5 cm³/mol. The maximum Gasteiger partial charge on any atom is 0.335 e. The van der Waals surface area contributed by atoms with E-state index in [1.807, 2.05) is 6.92 Å². The van der Waals surface area contributed by atoms with Crippen LogP contribution < -0.4 is 4.74 Å². The number of hydrogen-bond acceptors (Lipinski definition) is 3. The molecule has 0 heterocycles. The zero-order chi connectivity index (χ0) is 14.8. The SMILES string of the molecule is CC(=O)Oc1ccc(C(=O)O)c(C(C)[Si](C)(C)C)c1. The van der Waals surface area contributed by atoms with Gasteiger partial charge in [0, 0.05) is 6.92 Å². The summed E-state index contributed by atoms with van der Waals surface area (Å²) in [5, 5.41) is 9.26. The van der Waals surface area contributed by atoms with Crippen LogP contribution in [0.5, 0.6) is 5.75 Å². The van der Waals surface area contributed by atoms with Crippen LogP contribution in [0, 0.1) is 0 Å². The lowest BCUT2D eigenvalue weighted by Crippen LogP contribution is -2.30. The lowest BCUT2D eigenvalue weighted by Gasteiger charge is -2.27. The number of esters is 1. The molecule has 0 amide bonds. The van der Waals surface area contributed by atoms with E-state index in [1.54, 1.807) is 6.07 Å². The Morgan fingerprint density at radius 1 is 1.26 bits per heavy atom. The first-order valence-corrected chi connectivity index (χ1v) is 9.76. The van der Waals surface area contributed by atoms with Crippen molar-refractivity contribution in [2.75, 3.05) is 0 Å². The van der Waals surface area contributed by atoms with Gasteiger partial charge in [-0.3, -0.25) is 4.79 Å². The van der Waals surface area contributed by atoms with Crippen LogP contribution in [0.2, 0.25) is 19.6 Å². The fourth-order valence-electron chi connectivity index (χ4n) is 1.79. The van der Waals surface area contributed by atoms with Crippen molar-refractivity contribution in [1.82, 2.24) is 0 Å². The molecule has 0 spiro atoms. The molecule has 0 aromatic heterocycles. The van der Waals surface area contributed by atoms with Crippen molar-refractivity contribution >= 4 is 20.0 Å². The Labute approximate surface area is 114 Å². The Kier molecular flexibility index (Phi) is 4.52. The van der Waals surface area contributed by atoms with Gasteiger partial charge in [0.05, 0.1) is 13.6 Å². The summed E-state index contributed by atoms with van der Waals surface area (Å²) < 4.78 is 5.04. The summed E-state index contributed by atoms with van der Waals surface area (Å²) in [7, 11) is -1.55. The van der Waals surface area contributed by atoms with E-state index in [9.17, 15) is 14.7 Å². The molecule has 4 nitrogen and oxygen atoms in total. The summed E-state index contributed by atoms with van der Waals surface area (Å²) in [6.07, 6.45) is 0. The molecule has 0 aliphatic heterocycles. The average molecular weight is 280 g/mol. The van der Waals surface area contributed by atoms with Crippen LogP contribution in [0.3, 0.4) is 0 Å². The number of carboxylic acids is 1. The third-order valence-corrected chi connectivity index (χ3v) is 6.19. The highest BCUT2D eigenvalue weighted by molar-refractivity contribution is 6.77. The number of benzene rings is 1. The number of carbonyl (C=O) groups excluding carboxylic acids is 1. The van der Waals surface area contributed by atoms with Crippen molar-refractivity contribution in [3.05, 3.63) is 29.3 Å². The Balaban J connectivity index is 3.31. The van der Waals surface area contributed by atoms with Gasteiger partial charge in [0.1, 0.15) is 5.75 Å². The van der Waals surface area contributed by atoms with Gasteiger partial charge in [0.25, 0.3) is 0 Å². The molecule has 5 heteroatoms. The molecule has 0 radical (unpaired) electrons. The quantitative estimate of drug-likeness (QED) is 0.522. The molecular formula is C14H20O4Si. The van der Waals surface area contributed by atoms with E-state index < -0.39 is 20.0 Å². The zero-order valence-electron chi connectivity index (χ0n) is 12.0. The van der Waals surface area contributed by atoms with Crippen molar-refractivity contribution in [2.24, 2.45) is 0 Å². The predicted octanol–water partition coefficient (Wildman–Crippen LogP) is 3.29. The fourth-order valence-corrected chi connectivity index (χ4v) is 2.96. The summed E-state index contributed by atoms with van der Waals surface area (Å²) in [6.45, 7) is 9.91. The minimum absolute atomic E-state index is 0.161. The van der Waals surface area contributed by atoms with Crippen molar-refractivity contribution in [3.8, 4) is 5.75 Å². The maximum atomic E-state index is 11.3. The second-order valence-corrected chi connectivity index (χ2v) is 11.3. The lowest BCUT2D eigenvalue weighted by atomic mass is 10.0. The van der Waals surface area contributed by atoms with Crippen LogP contribution in [-0.2, 0) is 4.79 Å². The van der Waals surface area contributed by atoms with Crippen LogP contribution in [0.4, 0.5) is 0 Å². The molecule has 0 aliphatic carbocycles. The molecule has 0 saturated heterocycles. The molecule has 1 aromatic carbocycles. The van der Waals surface area contributed by atoms with Crippen molar-refractivity contribution in [2.45, 2.75) is 39.0 Å². The van der Waals surface area contributed by atoms with E-state index in [2.05, 4.69) is 19.6 Å². The molecule has 0 saturated carbocycles. The van der Waals surface area contributed by atoms with Gasteiger partial charge in [-0.05, 0) is 29.3 Å². The topological polar surface area (TPSA) is 63.6 Å². The molecule has 0 bridgehead atoms. The molecule has 1 N–H and O–H groups in total. The maximum absolute atomic E-state index is 11.3. The summed E-state index contributed by atoms with van der Waals surface area (Å²) >= 11 is 0. The monoisotopic (exact) mass is 280 g/mol. The van der Waals surface area contributed by atoms with Gasteiger partial charge in [-0.15, -0.1) is 0 Å². The average Bonchev–Trinajstić information content (AvgIpc) is 2.25. The van der Waals surface area contributed by atoms with Crippen LogP contribution >= 0.6 is 0 Å². The number of carboxylic acid groups (broad SMARTS) is 1. The molecule has 1 aromatic rings. The largest absolute Gasteiger partial charge is 0.478 e. The van der Waals surface area contributed by atoms with E-state index in [0.29, 0.717) is 5.75 Å². The third kappa shape index (κ3) is 3.92. The van der Waals surface area contributed by atoms with E-state index in [-0.39, 0.29) is 11.1 Å². The Morgan fingerprint density at radius 3 is 2.26 bits per heavy atom. The van der Waals surface area contributed by atoms with Crippen molar-refractivity contribution in [1.29, 1.82) is 0 Å². The van der Waals surface area contributed by atoms with Gasteiger partial charge in [-0.25, -0.2) is 4.79 Å². The molecule has 104 valence electrons. The van der Waals surface area contributed by atoms with E-state index in [0.717, 1.165) is 5.56 Å². The fraction of sp³-hybridized carbons (Fsp3) is 0.429. The Bertz CT molecular complexity index is 503. The Hall–Kier alpha value is -1.62. The minimum Gasteiger partial charge on any atom is -0.478 e. The van der Waals surface area contributed by atoms with Crippen LogP contribution in [0.1, 0.15) is 35.3 Å². The lowest BCUT2D eigenvalue weighted by molar-refractivity contribution is -0.131. The second kappa shape index (κ2) is 5.57. The number of carbonyl (C=O) groups is 2. The summed E-state index contributed by atoms with van der Waals surface area (Å²) in [4.78, 5) is 22.3. The zero-order valence-corrected chi connectivity index (χ0v) is 13.0. The summed E-state index contributed by atoms with van der Waals surface area (Å²) in [5.74, 6) is -0.957. The van der Waals surface area contributed by atoms with Gasteiger partial charge >= 0.3 is 11.9 Å². The highest BCUT2D eigenvalue weighted by Gasteiger charge is 2.28. The molecule has 0 aliphatic rings. The molecule has 1 rings (SSSR count). The highest BCUT2D eigenvalue weighted by atomic mass is 28.3. The summed E-state index contributed by atoms with van der Waals surface area (Å²) in [6, 6.07) is 4.70. The molecule has 1 unspecified atom stereocenters. The molecule has 0 fully saturated rings. The minimum atomic E-state index is -1.55. The van der Waals surface area contributed by atoms with Gasteiger partial charge in [-0.2, -0.15) is 0 Å². The number of ether oxygens (including phenoxy) is 1. The number of aromatic carboxylic acids is 1. The Morgan fingerprint density at radius 2 is 1.84 bits per heavy atom. The highest BCUT2D eigenvalue weighted by Crippen LogP contribution is 2.31. The van der Waals surface area contributed by atoms with Gasteiger partial charge < -0.3 is 9.84 Å². The van der Waals surface area contributed by atoms with Crippen LogP contribution in [0.25, 0.3) is 0 Å². The van der Waals surface area contributed by atoms with Crippen molar-refractivity contribution < 1.29 is 19.4 Å². The van der Waals surface area contributed by atoms with Crippen LogP contribution in [-0.4, -0.2) is 25.1 Å². The van der Waals surface area contributed by atoms with E-state index in [1.165, 1.54) is 19.1 Å². The number of rotatable bonds is 4. The summed E-state index contributed by atoms with van der Waals surface area (Å²) in [5.41, 5.74) is 1.19. The van der Waals surface area contributed by atoms with E-state index in [4.69, 9.17) is 4.74 Å². The molecule has 19 heavy (non-hydrogen) atoms. The van der Waals surface area contributed by atoms with Gasteiger partial charge in [0.15, 0.2) is 0 Å². The first-order chi connectivity index (χ1) is 8.62. The first-order valence-electron chi connectivity index (χ1n) is 6.18. The third-order valence-electron chi connectivity index (χ3n) is 3.28. The molecular weight excluding hydrogens is 260 g/mol. The van der Waals surface area contributed by atoms with Crippen LogP contribution in [0.15, 0.2) is 18.2 Å². The van der Waals surface area contributed by atoms with Gasteiger partial charge in [0.2, 0.25) is 0 Å². The van der Waals surface area contributed by atoms with E-state index >= 15 is 0 Å². The number of hydrogen-bond donors (Lipinski definition) is 1. The first kappa shape index (κ1) is 15.4. The molecule has 1 atom stereocenters.